The van der Waals surface area contributed by atoms with Crippen molar-refractivity contribution in [3.8, 4) is 6.07 Å². The van der Waals surface area contributed by atoms with Crippen LogP contribution in [0.15, 0.2) is 48.5 Å². The van der Waals surface area contributed by atoms with E-state index >= 15 is 0 Å². The van der Waals surface area contributed by atoms with Gasteiger partial charge in [0.15, 0.2) is 0 Å². The zero-order valence-electron chi connectivity index (χ0n) is 10.3. The summed E-state index contributed by atoms with van der Waals surface area (Å²) in [4.78, 5) is 2.00. The summed E-state index contributed by atoms with van der Waals surface area (Å²) in [6, 6.07) is 17.9. The number of nitrogens with two attached hydrogens (primary N) is 1. The first-order valence-electron chi connectivity index (χ1n) is 5.78. The van der Waals surface area contributed by atoms with Gasteiger partial charge in [-0.3, -0.25) is 0 Å². The maximum absolute atomic E-state index is 9.22. The SMILES string of the molecule is CN(c1ccccc1)c1ccc(CN)cc1C#N. The van der Waals surface area contributed by atoms with Crippen LogP contribution in [0.1, 0.15) is 11.1 Å². The summed E-state index contributed by atoms with van der Waals surface area (Å²) < 4.78 is 0. The van der Waals surface area contributed by atoms with Gasteiger partial charge in [0.05, 0.1) is 11.3 Å². The molecule has 2 N–H and O–H groups in total. The highest BCUT2D eigenvalue weighted by Gasteiger charge is 2.09. The van der Waals surface area contributed by atoms with Crippen LogP contribution in [0, 0.1) is 11.3 Å². The van der Waals surface area contributed by atoms with Crippen LogP contribution in [0.4, 0.5) is 11.4 Å². The van der Waals surface area contributed by atoms with Gasteiger partial charge in [0.25, 0.3) is 0 Å². The minimum absolute atomic E-state index is 0.448. The average Bonchev–Trinajstić information content (AvgIpc) is 2.46. The summed E-state index contributed by atoms with van der Waals surface area (Å²) in [5, 5.41) is 9.22. The Morgan fingerprint density at radius 1 is 1.17 bits per heavy atom. The number of nitriles is 1. The molecule has 0 spiro atoms. The van der Waals surface area contributed by atoms with Crippen LogP contribution in [0.25, 0.3) is 0 Å². The Kier molecular flexibility index (Phi) is 3.61. The Labute approximate surface area is 107 Å². The van der Waals surface area contributed by atoms with Gasteiger partial charge in [-0.25, -0.2) is 0 Å². The fourth-order valence-corrected chi connectivity index (χ4v) is 1.88. The van der Waals surface area contributed by atoms with Crippen LogP contribution in [-0.2, 0) is 6.54 Å². The van der Waals surface area contributed by atoms with E-state index in [9.17, 15) is 5.26 Å². The molecule has 0 bridgehead atoms. The van der Waals surface area contributed by atoms with E-state index in [2.05, 4.69) is 6.07 Å². The lowest BCUT2D eigenvalue weighted by atomic mass is 10.1. The fraction of sp³-hybridized carbons (Fsp3) is 0.133. The molecule has 0 radical (unpaired) electrons. The van der Waals surface area contributed by atoms with Crippen LogP contribution in [0.5, 0.6) is 0 Å². The molecular weight excluding hydrogens is 222 g/mol. The van der Waals surface area contributed by atoms with Crippen molar-refractivity contribution in [2.75, 3.05) is 11.9 Å². The first-order valence-corrected chi connectivity index (χ1v) is 5.78. The second-order valence-electron chi connectivity index (χ2n) is 4.06. The molecule has 0 amide bonds. The lowest BCUT2D eigenvalue weighted by Gasteiger charge is -2.21. The summed E-state index contributed by atoms with van der Waals surface area (Å²) in [7, 11) is 1.95. The highest BCUT2D eigenvalue weighted by Crippen LogP contribution is 2.27. The normalized spacial score (nSPS) is 9.83. The van der Waals surface area contributed by atoms with E-state index in [4.69, 9.17) is 5.73 Å². The Balaban J connectivity index is 2.43. The third-order valence-electron chi connectivity index (χ3n) is 2.92. The number of benzene rings is 2. The van der Waals surface area contributed by atoms with Crippen LogP contribution in [0.2, 0.25) is 0 Å². The maximum Gasteiger partial charge on any atom is 0.101 e. The minimum Gasteiger partial charge on any atom is -0.344 e. The molecule has 0 saturated carbocycles. The summed E-state index contributed by atoms with van der Waals surface area (Å²) >= 11 is 0. The molecule has 0 atom stereocenters. The third-order valence-corrected chi connectivity index (χ3v) is 2.92. The van der Waals surface area contributed by atoms with Gasteiger partial charge in [-0.15, -0.1) is 0 Å². The molecule has 0 unspecified atom stereocenters. The topological polar surface area (TPSA) is 53.0 Å². The maximum atomic E-state index is 9.22. The molecule has 0 aliphatic rings. The molecule has 0 aliphatic heterocycles. The zero-order chi connectivity index (χ0) is 13.0. The van der Waals surface area contributed by atoms with Gasteiger partial charge in [-0.1, -0.05) is 24.3 Å². The molecule has 0 aliphatic carbocycles. The Bertz CT molecular complexity index is 570. The second-order valence-corrected chi connectivity index (χ2v) is 4.06. The monoisotopic (exact) mass is 237 g/mol. The van der Waals surface area contributed by atoms with Crippen molar-refractivity contribution in [1.82, 2.24) is 0 Å². The van der Waals surface area contributed by atoms with E-state index in [1.54, 1.807) is 0 Å². The number of hydrogen-bond acceptors (Lipinski definition) is 3. The van der Waals surface area contributed by atoms with Crippen molar-refractivity contribution in [3.63, 3.8) is 0 Å². The zero-order valence-corrected chi connectivity index (χ0v) is 10.3. The Morgan fingerprint density at radius 3 is 2.50 bits per heavy atom. The summed E-state index contributed by atoms with van der Waals surface area (Å²) in [6.45, 7) is 0.448. The van der Waals surface area contributed by atoms with Crippen molar-refractivity contribution < 1.29 is 0 Å². The van der Waals surface area contributed by atoms with Gasteiger partial charge in [0, 0.05) is 19.3 Å². The molecule has 0 fully saturated rings. The van der Waals surface area contributed by atoms with Gasteiger partial charge in [0.1, 0.15) is 6.07 Å². The summed E-state index contributed by atoms with van der Waals surface area (Å²) in [6.07, 6.45) is 0. The molecular formula is C15H15N3. The number of hydrogen-bond donors (Lipinski definition) is 1. The standard InChI is InChI=1S/C15H15N3/c1-18(14-5-3-2-4-6-14)15-8-7-12(10-16)9-13(15)11-17/h2-9H,10,16H2,1H3. The van der Waals surface area contributed by atoms with Crippen LogP contribution >= 0.6 is 0 Å². The van der Waals surface area contributed by atoms with Gasteiger partial charge in [-0.2, -0.15) is 5.26 Å². The molecule has 3 nitrogen and oxygen atoms in total. The second kappa shape index (κ2) is 5.35. The van der Waals surface area contributed by atoms with Crippen LogP contribution in [-0.4, -0.2) is 7.05 Å². The third kappa shape index (κ3) is 2.34. The number of nitrogens with zero attached hydrogens (tertiary/aromatic N) is 2. The quantitative estimate of drug-likeness (QED) is 0.893. The van der Waals surface area contributed by atoms with Crippen molar-refractivity contribution in [1.29, 1.82) is 5.26 Å². The van der Waals surface area contributed by atoms with Gasteiger partial charge in [-0.05, 0) is 29.8 Å². The summed E-state index contributed by atoms with van der Waals surface area (Å²) in [5.74, 6) is 0. The van der Waals surface area contributed by atoms with Crippen LogP contribution < -0.4 is 10.6 Å². The van der Waals surface area contributed by atoms with E-state index in [0.29, 0.717) is 12.1 Å². The Morgan fingerprint density at radius 2 is 1.89 bits per heavy atom. The first-order chi connectivity index (χ1) is 8.76. The molecule has 90 valence electrons. The number of para-hydroxylation sites is 1. The van der Waals surface area contributed by atoms with E-state index in [1.165, 1.54) is 0 Å². The van der Waals surface area contributed by atoms with E-state index in [-0.39, 0.29) is 0 Å². The molecule has 18 heavy (non-hydrogen) atoms. The number of anilines is 2. The first kappa shape index (κ1) is 12.2. The van der Waals surface area contributed by atoms with Gasteiger partial charge < -0.3 is 10.6 Å². The van der Waals surface area contributed by atoms with E-state index in [0.717, 1.165) is 16.9 Å². The van der Waals surface area contributed by atoms with Gasteiger partial charge >= 0.3 is 0 Å². The van der Waals surface area contributed by atoms with Crippen LogP contribution in [0.3, 0.4) is 0 Å². The smallest absolute Gasteiger partial charge is 0.101 e. The fourth-order valence-electron chi connectivity index (χ4n) is 1.88. The predicted octanol–water partition coefficient (Wildman–Crippen LogP) is 2.78. The Hall–Kier alpha value is -2.31. The average molecular weight is 237 g/mol. The minimum atomic E-state index is 0.448. The largest absolute Gasteiger partial charge is 0.344 e. The number of rotatable bonds is 3. The van der Waals surface area contributed by atoms with Crippen molar-refractivity contribution in [3.05, 3.63) is 59.7 Å². The van der Waals surface area contributed by atoms with Gasteiger partial charge in [0.2, 0.25) is 0 Å². The molecule has 2 aromatic carbocycles. The molecule has 0 aromatic heterocycles. The highest BCUT2D eigenvalue weighted by atomic mass is 15.1. The van der Waals surface area contributed by atoms with Crippen molar-refractivity contribution >= 4 is 11.4 Å². The lowest BCUT2D eigenvalue weighted by Crippen LogP contribution is -2.11. The molecule has 0 saturated heterocycles. The molecule has 0 heterocycles. The molecule has 3 heteroatoms. The lowest BCUT2D eigenvalue weighted by molar-refractivity contribution is 1.06. The highest BCUT2D eigenvalue weighted by molar-refractivity contribution is 5.69. The molecule has 2 rings (SSSR count). The van der Waals surface area contributed by atoms with E-state index < -0.39 is 0 Å². The van der Waals surface area contributed by atoms with Crippen molar-refractivity contribution in [2.45, 2.75) is 6.54 Å². The molecule has 2 aromatic rings. The van der Waals surface area contributed by atoms with Crippen molar-refractivity contribution in [2.24, 2.45) is 5.73 Å². The predicted molar refractivity (Wildman–Crippen MR) is 73.6 cm³/mol. The van der Waals surface area contributed by atoms with E-state index in [1.807, 2.05) is 60.5 Å². The summed E-state index contributed by atoms with van der Waals surface area (Å²) in [5.41, 5.74) is 9.14.